The van der Waals surface area contributed by atoms with Crippen molar-refractivity contribution in [2.45, 2.75) is 39.7 Å². The van der Waals surface area contributed by atoms with Crippen LogP contribution in [-0.4, -0.2) is 28.9 Å². The molecule has 1 heterocycles. The highest BCUT2D eigenvalue weighted by Gasteiger charge is 2.18. The molecule has 0 radical (unpaired) electrons. The van der Waals surface area contributed by atoms with E-state index in [4.69, 9.17) is 0 Å². The molecule has 23 heavy (non-hydrogen) atoms. The van der Waals surface area contributed by atoms with Crippen molar-refractivity contribution in [2.75, 3.05) is 11.4 Å². The Hall–Kier alpha value is -2.43. The maximum Gasteiger partial charge on any atom is 0.223 e. The number of benzene rings is 1. The van der Waals surface area contributed by atoms with E-state index in [0.29, 0.717) is 6.54 Å². The molecule has 2 rings (SSSR count). The van der Waals surface area contributed by atoms with Crippen molar-refractivity contribution in [3.05, 3.63) is 36.5 Å². The standard InChI is InChI=1S/C18H23N3O2/c1-13(22)21(12-10-16(23)20-18(2,3)4)15-9-5-7-14-8-6-11-19-17(14)15/h5-9,11H,10,12H2,1-4H3,(H,20,23). The van der Waals surface area contributed by atoms with E-state index >= 15 is 0 Å². The number of aromatic nitrogens is 1. The molecule has 2 aromatic rings. The molecule has 1 N–H and O–H groups in total. The lowest BCUT2D eigenvalue weighted by molar-refractivity contribution is -0.122. The minimum atomic E-state index is -0.279. The number of pyridine rings is 1. The maximum atomic E-state index is 12.1. The number of rotatable bonds is 4. The number of nitrogens with one attached hydrogen (secondary N) is 1. The highest BCUT2D eigenvalue weighted by atomic mass is 16.2. The van der Waals surface area contributed by atoms with Gasteiger partial charge in [0.05, 0.1) is 11.2 Å². The third kappa shape index (κ3) is 4.52. The number of fused-ring (bicyclic) bond motifs is 1. The number of carbonyl (C=O) groups is 2. The third-order valence-electron chi connectivity index (χ3n) is 3.36. The van der Waals surface area contributed by atoms with E-state index < -0.39 is 0 Å². The number of carbonyl (C=O) groups excluding carboxylic acids is 2. The quantitative estimate of drug-likeness (QED) is 0.944. The summed E-state index contributed by atoms with van der Waals surface area (Å²) in [5.41, 5.74) is 1.22. The van der Waals surface area contributed by atoms with Crippen LogP contribution in [-0.2, 0) is 9.59 Å². The summed E-state index contributed by atoms with van der Waals surface area (Å²) < 4.78 is 0. The Bertz CT molecular complexity index is 714. The predicted octanol–water partition coefficient (Wildman–Crippen LogP) is 2.89. The first kappa shape index (κ1) is 16.9. The molecule has 5 heteroatoms. The van der Waals surface area contributed by atoms with E-state index in [-0.39, 0.29) is 23.8 Å². The summed E-state index contributed by atoms with van der Waals surface area (Å²) in [4.78, 5) is 30.1. The highest BCUT2D eigenvalue weighted by molar-refractivity contribution is 6.01. The molecule has 0 saturated heterocycles. The number of hydrogen-bond acceptors (Lipinski definition) is 3. The van der Waals surface area contributed by atoms with Crippen molar-refractivity contribution in [2.24, 2.45) is 0 Å². The first-order valence-electron chi connectivity index (χ1n) is 7.71. The molecule has 0 aliphatic heterocycles. The zero-order valence-corrected chi connectivity index (χ0v) is 14.1. The largest absolute Gasteiger partial charge is 0.351 e. The Labute approximate surface area is 136 Å². The number of nitrogens with zero attached hydrogens (tertiary/aromatic N) is 2. The van der Waals surface area contributed by atoms with Gasteiger partial charge in [-0.3, -0.25) is 14.6 Å². The average Bonchev–Trinajstić information content (AvgIpc) is 2.45. The van der Waals surface area contributed by atoms with E-state index in [1.807, 2.05) is 51.1 Å². The van der Waals surface area contributed by atoms with Crippen LogP contribution >= 0.6 is 0 Å². The SMILES string of the molecule is CC(=O)N(CCC(=O)NC(C)(C)C)c1cccc2cccnc12. The van der Waals surface area contributed by atoms with Crippen LogP contribution in [0.1, 0.15) is 34.1 Å². The summed E-state index contributed by atoms with van der Waals surface area (Å²) in [5.74, 6) is -0.177. The minimum Gasteiger partial charge on any atom is -0.351 e. The molecule has 0 aliphatic carbocycles. The maximum absolute atomic E-state index is 12.1. The summed E-state index contributed by atoms with van der Waals surface area (Å²) in [5, 5.41) is 3.88. The van der Waals surface area contributed by atoms with Gasteiger partial charge in [0, 0.05) is 37.0 Å². The summed E-state index contributed by atoms with van der Waals surface area (Å²) in [6.07, 6.45) is 1.95. The molecule has 2 amide bonds. The second kappa shape index (κ2) is 6.77. The Morgan fingerprint density at radius 1 is 1.17 bits per heavy atom. The molecule has 122 valence electrons. The van der Waals surface area contributed by atoms with Crippen molar-refractivity contribution in [1.29, 1.82) is 0 Å². The first-order chi connectivity index (χ1) is 10.8. The van der Waals surface area contributed by atoms with Crippen molar-refractivity contribution in [1.82, 2.24) is 10.3 Å². The Kier molecular flexibility index (Phi) is 4.98. The normalized spacial score (nSPS) is 11.3. The highest BCUT2D eigenvalue weighted by Crippen LogP contribution is 2.25. The topological polar surface area (TPSA) is 62.3 Å². The lowest BCUT2D eigenvalue weighted by atomic mass is 10.1. The minimum absolute atomic E-state index is 0.0723. The number of amides is 2. The molecule has 0 unspecified atom stereocenters. The summed E-state index contributed by atoms with van der Waals surface area (Å²) in [6.45, 7) is 7.63. The van der Waals surface area contributed by atoms with E-state index in [9.17, 15) is 9.59 Å². The van der Waals surface area contributed by atoms with Crippen LogP contribution in [0.3, 0.4) is 0 Å². The van der Waals surface area contributed by atoms with Crippen LogP contribution < -0.4 is 10.2 Å². The van der Waals surface area contributed by atoms with E-state index in [1.165, 1.54) is 6.92 Å². The molecule has 1 aromatic heterocycles. The molecule has 5 nitrogen and oxygen atoms in total. The lowest BCUT2D eigenvalue weighted by Gasteiger charge is -2.24. The van der Waals surface area contributed by atoms with Gasteiger partial charge < -0.3 is 10.2 Å². The van der Waals surface area contributed by atoms with Crippen LogP contribution in [0, 0.1) is 0 Å². The fourth-order valence-corrected chi connectivity index (χ4v) is 2.45. The van der Waals surface area contributed by atoms with Gasteiger partial charge in [0.25, 0.3) is 0 Å². The lowest BCUT2D eigenvalue weighted by Crippen LogP contribution is -2.42. The van der Waals surface area contributed by atoms with Crippen LogP contribution in [0.15, 0.2) is 36.5 Å². The average molecular weight is 313 g/mol. The molecular weight excluding hydrogens is 290 g/mol. The van der Waals surface area contributed by atoms with Crippen LogP contribution in [0.2, 0.25) is 0 Å². The fraction of sp³-hybridized carbons (Fsp3) is 0.389. The molecule has 0 atom stereocenters. The van der Waals surface area contributed by atoms with Gasteiger partial charge in [0.15, 0.2) is 0 Å². The van der Waals surface area contributed by atoms with Gasteiger partial charge in [-0.1, -0.05) is 18.2 Å². The molecule has 1 aromatic carbocycles. The Morgan fingerprint density at radius 2 is 1.87 bits per heavy atom. The van der Waals surface area contributed by atoms with Crippen LogP contribution in [0.4, 0.5) is 5.69 Å². The molecule has 0 bridgehead atoms. The second-order valence-electron chi connectivity index (χ2n) is 6.57. The molecule has 0 aliphatic rings. The van der Waals surface area contributed by atoms with Gasteiger partial charge in [0.2, 0.25) is 11.8 Å². The van der Waals surface area contributed by atoms with Gasteiger partial charge in [-0.2, -0.15) is 0 Å². The fourth-order valence-electron chi connectivity index (χ4n) is 2.45. The Morgan fingerprint density at radius 3 is 2.52 bits per heavy atom. The van der Waals surface area contributed by atoms with E-state index in [2.05, 4.69) is 10.3 Å². The molecule has 0 saturated carbocycles. The van der Waals surface area contributed by atoms with E-state index in [1.54, 1.807) is 11.1 Å². The van der Waals surface area contributed by atoms with Gasteiger partial charge >= 0.3 is 0 Å². The first-order valence-corrected chi connectivity index (χ1v) is 7.71. The van der Waals surface area contributed by atoms with Crippen molar-refractivity contribution >= 4 is 28.4 Å². The smallest absolute Gasteiger partial charge is 0.223 e. The zero-order valence-electron chi connectivity index (χ0n) is 14.1. The van der Waals surface area contributed by atoms with Crippen LogP contribution in [0.5, 0.6) is 0 Å². The number of hydrogen-bond donors (Lipinski definition) is 1. The number of anilines is 1. The predicted molar refractivity (Wildman–Crippen MR) is 92.3 cm³/mol. The van der Waals surface area contributed by atoms with Crippen molar-refractivity contribution in [3.63, 3.8) is 0 Å². The molecular formula is C18H23N3O2. The third-order valence-corrected chi connectivity index (χ3v) is 3.36. The molecule has 0 fully saturated rings. The number of para-hydroxylation sites is 1. The Balaban J connectivity index is 2.22. The van der Waals surface area contributed by atoms with Crippen LogP contribution in [0.25, 0.3) is 10.9 Å². The summed E-state index contributed by atoms with van der Waals surface area (Å²) in [7, 11) is 0. The van der Waals surface area contributed by atoms with Crippen molar-refractivity contribution < 1.29 is 9.59 Å². The van der Waals surface area contributed by atoms with Gasteiger partial charge in [-0.05, 0) is 32.9 Å². The van der Waals surface area contributed by atoms with E-state index in [0.717, 1.165) is 16.6 Å². The van der Waals surface area contributed by atoms with Gasteiger partial charge in [0.1, 0.15) is 0 Å². The monoisotopic (exact) mass is 313 g/mol. The van der Waals surface area contributed by atoms with Gasteiger partial charge in [-0.15, -0.1) is 0 Å². The summed E-state index contributed by atoms with van der Waals surface area (Å²) in [6, 6.07) is 9.52. The second-order valence-corrected chi connectivity index (χ2v) is 6.57. The molecule has 0 spiro atoms. The summed E-state index contributed by atoms with van der Waals surface area (Å²) >= 11 is 0. The van der Waals surface area contributed by atoms with Gasteiger partial charge in [-0.25, -0.2) is 0 Å². The zero-order chi connectivity index (χ0) is 17.0. The van der Waals surface area contributed by atoms with Crippen molar-refractivity contribution in [3.8, 4) is 0 Å².